The number of ether oxygens (including phenoxy) is 4. The average molecular weight is 1060 g/mol. The number of carbonyl (C=O) groups is 4. The van der Waals surface area contributed by atoms with Crippen molar-refractivity contribution in [2.24, 2.45) is 0 Å². The van der Waals surface area contributed by atoms with Crippen LogP contribution in [0.2, 0.25) is 0 Å². The average Bonchev–Trinajstić information content (AvgIpc) is 3.03. The SMILES string of the molecule is O=C([C-]=C(C(=O)OCC(F)(F)C(F)(F)C(F)(F)F)C(=[C-]C(=O)OCC(F)(F)C(F)(F)C(F)(F)F)C(=O)OCC(F)(F)C(F)(F)C(F)(F)F)OCC(F)(F)C(F)(F)C(F)(F)F.[Pd+2]. The third-order valence-corrected chi connectivity index (χ3v) is 5.91. The molecule has 0 aliphatic carbocycles. The number of carbonyl (C=O) groups excluding carboxylic acids is 4. The standard InChI is InChI=1S/C24H8F28O8.Pd/c25-13(26,17(33,34)21(41,42)43)3-57-9(53)1-7(11(55)59-5-15(29,30)19(37,38)23(47,48)49)8(12(56)60-6-16(31,32)20(39,40)24(50,51)52)2-10(54)58-4-14(27,28)18(35,36)22(44,45)46;/h3-6H2;/q-2;+2. The summed E-state index contributed by atoms with van der Waals surface area (Å²) in [7, 11) is 0. The Morgan fingerprint density at radius 2 is 0.475 bits per heavy atom. The molecule has 0 fully saturated rings. The molecule has 358 valence electrons. The van der Waals surface area contributed by atoms with Gasteiger partial charge in [0.25, 0.3) is 11.9 Å². The zero-order valence-corrected chi connectivity index (χ0v) is 28.5. The van der Waals surface area contributed by atoms with E-state index in [1.165, 1.54) is 0 Å². The maximum Gasteiger partial charge on any atom is 2.00 e. The van der Waals surface area contributed by atoms with Gasteiger partial charge < -0.3 is 28.5 Å². The quantitative estimate of drug-likeness (QED) is 0.0275. The number of hydrogen-bond donors (Lipinski definition) is 0. The molecule has 0 aliphatic heterocycles. The molecule has 0 aromatic carbocycles. The van der Waals surface area contributed by atoms with E-state index in [1.807, 2.05) is 0 Å². The van der Waals surface area contributed by atoms with E-state index < -0.39 is 134 Å². The van der Waals surface area contributed by atoms with Crippen molar-refractivity contribution in [2.75, 3.05) is 26.4 Å². The van der Waals surface area contributed by atoms with Crippen molar-refractivity contribution < 1.29 is 181 Å². The van der Waals surface area contributed by atoms with Crippen LogP contribution >= 0.6 is 0 Å². The molecule has 0 aromatic heterocycles. The Balaban J connectivity index is 0. The second-order valence-electron chi connectivity index (χ2n) is 10.4. The Kier molecular flexibility index (Phi) is 17.9. The third kappa shape index (κ3) is 13.0. The van der Waals surface area contributed by atoms with Gasteiger partial charge in [0, 0.05) is 0 Å². The summed E-state index contributed by atoms with van der Waals surface area (Å²) < 4.78 is 375. The summed E-state index contributed by atoms with van der Waals surface area (Å²) in [6.07, 6.45) is -29.2. The monoisotopic (exact) mass is 1060 g/mol. The van der Waals surface area contributed by atoms with Gasteiger partial charge in [0.2, 0.25) is 0 Å². The predicted molar refractivity (Wildman–Crippen MR) is 121 cm³/mol. The second kappa shape index (κ2) is 18.4. The molecule has 0 radical (unpaired) electrons. The molecule has 0 saturated carbocycles. The summed E-state index contributed by atoms with van der Waals surface area (Å²) in [6.45, 7) is -15.1. The van der Waals surface area contributed by atoms with E-state index >= 15 is 0 Å². The fourth-order valence-electron chi connectivity index (χ4n) is 2.67. The van der Waals surface area contributed by atoms with Crippen LogP contribution in [0.25, 0.3) is 0 Å². The largest absolute Gasteiger partial charge is 2.00 e. The smallest absolute Gasteiger partial charge is 0.521 e. The molecule has 0 aliphatic rings. The van der Waals surface area contributed by atoms with Gasteiger partial charge in [0.15, 0.2) is 25.2 Å². The molecule has 0 saturated heterocycles. The van der Waals surface area contributed by atoms with E-state index in [0.29, 0.717) is 0 Å². The van der Waals surface area contributed by atoms with Crippen molar-refractivity contribution in [1.82, 2.24) is 0 Å². The zero-order chi connectivity index (χ0) is 48.5. The molecule has 8 nitrogen and oxygen atoms in total. The molecule has 0 spiro atoms. The van der Waals surface area contributed by atoms with Crippen LogP contribution in [0.3, 0.4) is 0 Å². The van der Waals surface area contributed by atoms with Gasteiger partial charge in [-0.05, 0) is 0 Å². The second-order valence-corrected chi connectivity index (χ2v) is 10.4. The number of esters is 4. The Morgan fingerprint density at radius 1 is 0.311 bits per heavy atom. The molecular formula is C24H8F28O8Pd. The number of hydrogen-bond acceptors (Lipinski definition) is 8. The molecule has 37 heteroatoms. The topological polar surface area (TPSA) is 105 Å². The summed E-state index contributed by atoms with van der Waals surface area (Å²) >= 11 is 0. The zero-order valence-electron chi connectivity index (χ0n) is 27.0. The summed E-state index contributed by atoms with van der Waals surface area (Å²) in [5.41, 5.74) is -6.62. The van der Waals surface area contributed by atoms with Crippen LogP contribution < -0.4 is 0 Å². The van der Waals surface area contributed by atoms with Gasteiger partial charge >= 0.3 is 92.5 Å². The number of halogens is 28. The summed E-state index contributed by atoms with van der Waals surface area (Å²) in [6, 6.07) is 0. The Labute approximate surface area is 327 Å². The van der Waals surface area contributed by atoms with Crippen molar-refractivity contribution in [3.8, 4) is 0 Å². The molecule has 0 rings (SSSR count). The van der Waals surface area contributed by atoms with E-state index in [0.717, 1.165) is 0 Å². The molecule has 0 aromatic rings. The molecule has 0 heterocycles. The molecular weight excluding hydrogens is 1050 g/mol. The Hall–Kier alpha value is -3.94. The minimum Gasteiger partial charge on any atom is -0.521 e. The van der Waals surface area contributed by atoms with E-state index in [1.54, 1.807) is 0 Å². The van der Waals surface area contributed by atoms with Crippen LogP contribution in [-0.2, 0) is 58.5 Å². The molecule has 0 N–H and O–H groups in total. The normalized spacial score (nSPS) is 15.1. The van der Waals surface area contributed by atoms with Gasteiger partial charge in [-0.25, -0.2) is 11.1 Å². The Bertz CT molecular complexity index is 1530. The van der Waals surface area contributed by atoms with Crippen LogP contribution in [-0.4, -0.2) is 122 Å². The van der Waals surface area contributed by atoms with Gasteiger partial charge in [-0.3, -0.25) is 9.59 Å². The van der Waals surface area contributed by atoms with E-state index in [9.17, 15) is 142 Å². The van der Waals surface area contributed by atoms with Crippen molar-refractivity contribution in [3.63, 3.8) is 0 Å². The van der Waals surface area contributed by atoms with Crippen LogP contribution in [0.4, 0.5) is 123 Å². The van der Waals surface area contributed by atoms with Crippen molar-refractivity contribution in [1.29, 1.82) is 0 Å². The van der Waals surface area contributed by atoms with Crippen LogP contribution in [0, 0.1) is 12.2 Å². The first-order chi connectivity index (χ1) is 26.0. The van der Waals surface area contributed by atoms with Gasteiger partial charge in [0.05, 0.1) is 0 Å². The predicted octanol–water partition coefficient (Wildman–Crippen LogP) is 7.95. The Morgan fingerprint density at radius 3 is 0.639 bits per heavy atom. The first-order valence-electron chi connectivity index (χ1n) is 13.2. The van der Waals surface area contributed by atoms with E-state index in [4.69, 9.17) is 0 Å². The summed E-state index contributed by atoms with van der Waals surface area (Å²) in [5, 5.41) is 0. The van der Waals surface area contributed by atoms with Gasteiger partial charge in [0.1, 0.15) is 13.2 Å². The summed E-state index contributed by atoms with van der Waals surface area (Å²) in [4.78, 5) is 48.6. The van der Waals surface area contributed by atoms with Gasteiger partial charge in [-0.15, -0.1) is 12.2 Å². The minimum atomic E-state index is -7.38. The van der Waals surface area contributed by atoms with Gasteiger partial charge in [-0.1, -0.05) is 0 Å². The summed E-state index contributed by atoms with van der Waals surface area (Å²) in [5.74, 6) is -70.7. The van der Waals surface area contributed by atoms with Crippen LogP contribution in [0.1, 0.15) is 0 Å². The third-order valence-electron chi connectivity index (χ3n) is 5.91. The first-order valence-corrected chi connectivity index (χ1v) is 13.2. The molecule has 0 amide bonds. The van der Waals surface area contributed by atoms with Crippen molar-refractivity contribution in [2.45, 2.75) is 72.1 Å². The van der Waals surface area contributed by atoms with Crippen molar-refractivity contribution >= 4 is 23.9 Å². The first kappa shape index (κ1) is 59.2. The van der Waals surface area contributed by atoms with Crippen LogP contribution in [0.5, 0.6) is 0 Å². The maximum atomic E-state index is 13.7. The maximum absolute atomic E-state index is 13.7. The van der Waals surface area contributed by atoms with E-state index in [2.05, 4.69) is 18.9 Å². The number of rotatable bonds is 17. The molecule has 61 heavy (non-hydrogen) atoms. The minimum absolute atomic E-state index is 0. The molecule has 0 unspecified atom stereocenters. The van der Waals surface area contributed by atoms with Crippen LogP contribution in [0.15, 0.2) is 11.1 Å². The molecule has 0 bridgehead atoms. The molecule has 0 atom stereocenters. The fourth-order valence-corrected chi connectivity index (χ4v) is 2.67. The van der Waals surface area contributed by atoms with Gasteiger partial charge in [-0.2, -0.15) is 123 Å². The van der Waals surface area contributed by atoms with Crippen molar-refractivity contribution in [3.05, 3.63) is 23.3 Å². The van der Waals surface area contributed by atoms with E-state index in [-0.39, 0.29) is 32.6 Å². The number of alkyl halides is 28. The fraction of sp³-hybridized carbons (Fsp3) is 0.667.